The smallest absolute Gasteiger partial charge is 0.252 e. The number of anilines is 6. The van der Waals surface area contributed by atoms with E-state index in [1.165, 1.54) is 181 Å². The Bertz CT molecular complexity index is 5290. The summed E-state index contributed by atoms with van der Waals surface area (Å²) in [7, 11) is 0. The van der Waals surface area contributed by atoms with Gasteiger partial charge in [0, 0.05) is 77.9 Å². The van der Waals surface area contributed by atoms with Crippen LogP contribution >= 0.6 is 0 Å². The van der Waals surface area contributed by atoms with Crippen LogP contribution in [0, 0.1) is 5.92 Å². The Hall–Kier alpha value is -10.9. The first-order valence-corrected chi connectivity index (χ1v) is 35.7. The molecule has 2 aromatic heterocycles. The van der Waals surface area contributed by atoms with E-state index in [-0.39, 0.29) is 12.1 Å². The van der Waals surface area contributed by atoms with Gasteiger partial charge >= 0.3 is 0 Å². The summed E-state index contributed by atoms with van der Waals surface area (Å²) in [4.78, 5) is 5.52. The summed E-state index contributed by atoms with van der Waals surface area (Å²) in [6, 6.07) is 111. The van der Waals surface area contributed by atoms with E-state index in [9.17, 15) is 0 Å². The Kier molecular flexibility index (Phi) is 15.5. The second-order valence-corrected chi connectivity index (χ2v) is 28.3. The molecule has 0 saturated heterocycles. The summed E-state index contributed by atoms with van der Waals surface area (Å²) < 4.78 is 5.03. The van der Waals surface area contributed by atoms with Crippen molar-refractivity contribution in [3.8, 4) is 55.9 Å². The number of aromatic nitrogens is 2. The lowest BCUT2D eigenvalue weighted by atomic mass is 9.33. The lowest BCUT2D eigenvalue weighted by Crippen LogP contribution is -2.61. The number of nitrogens with zero attached hydrogens (tertiary/aromatic N) is 4. The van der Waals surface area contributed by atoms with Crippen LogP contribution in [0.2, 0.25) is 0 Å². The number of hydrogen-bond donors (Lipinski definition) is 0. The topological polar surface area (TPSA) is 16.3 Å². The summed E-state index contributed by atoms with van der Waals surface area (Å²) in [6.07, 6.45) is 7.73. The van der Waals surface area contributed by atoms with Gasteiger partial charge in [-0.15, -0.1) is 0 Å². The highest BCUT2D eigenvalue weighted by molar-refractivity contribution is 7.00. The first-order chi connectivity index (χ1) is 48.1. The van der Waals surface area contributed by atoms with Crippen LogP contribution in [-0.4, -0.2) is 15.8 Å². The molecule has 0 unspecified atom stereocenters. The molecule has 476 valence electrons. The van der Waals surface area contributed by atoms with E-state index in [1.807, 2.05) is 0 Å². The lowest BCUT2D eigenvalue weighted by molar-refractivity contribution is 0.434. The zero-order chi connectivity index (χ0) is 66.2. The fourth-order valence-electron chi connectivity index (χ4n) is 16.6. The average molecular weight is 1270 g/mol. The minimum Gasteiger partial charge on any atom is -0.310 e. The van der Waals surface area contributed by atoms with Gasteiger partial charge in [-0.1, -0.05) is 273 Å². The normalized spacial score (nSPS) is 12.7. The van der Waals surface area contributed by atoms with E-state index in [4.69, 9.17) is 0 Å². The molecule has 0 spiro atoms. The van der Waals surface area contributed by atoms with Crippen molar-refractivity contribution in [3.05, 3.63) is 308 Å². The van der Waals surface area contributed by atoms with Crippen LogP contribution < -0.4 is 26.2 Å². The monoisotopic (exact) mass is 1260 g/mol. The maximum Gasteiger partial charge on any atom is 0.252 e. The van der Waals surface area contributed by atoms with Crippen molar-refractivity contribution in [1.29, 1.82) is 0 Å². The summed E-state index contributed by atoms with van der Waals surface area (Å²) in [6.45, 7) is 14.0. The minimum absolute atomic E-state index is 0.170. The van der Waals surface area contributed by atoms with Gasteiger partial charge in [-0.25, -0.2) is 0 Å². The van der Waals surface area contributed by atoms with Crippen LogP contribution in [0.15, 0.2) is 291 Å². The van der Waals surface area contributed by atoms with Crippen LogP contribution in [-0.2, 0) is 18.3 Å². The molecule has 0 atom stereocenters. The third kappa shape index (κ3) is 10.3. The second-order valence-electron chi connectivity index (χ2n) is 28.3. The predicted molar refractivity (Wildman–Crippen MR) is 421 cm³/mol. The molecule has 4 nitrogen and oxygen atoms in total. The van der Waals surface area contributed by atoms with Gasteiger partial charge in [0.15, 0.2) is 0 Å². The van der Waals surface area contributed by atoms with Crippen LogP contribution in [0.25, 0.3) is 99.5 Å². The Labute approximate surface area is 577 Å². The molecule has 15 aromatic rings. The first kappa shape index (κ1) is 60.8. The van der Waals surface area contributed by atoms with Gasteiger partial charge in [-0.3, -0.25) is 0 Å². The van der Waals surface area contributed by atoms with Gasteiger partial charge < -0.3 is 18.9 Å². The molecule has 0 radical (unpaired) electrons. The summed E-state index contributed by atoms with van der Waals surface area (Å²) in [5, 5.41) is 4.98. The molecule has 2 aliphatic rings. The first-order valence-electron chi connectivity index (χ1n) is 35.7. The molecular formula is C93H81BN4. The maximum atomic E-state index is 2.76. The van der Waals surface area contributed by atoms with E-state index in [2.05, 4.69) is 352 Å². The summed E-state index contributed by atoms with van der Waals surface area (Å²) in [5.74, 6) is 0.717. The van der Waals surface area contributed by atoms with Crippen molar-refractivity contribution in [3.63, 3.8) is 0 Å². The summed E-state index contributed by atoms with van der Waals surface area (Å²) >= 11 is 0. The van der Waals surface area contributed by atoms with Gasteiger partial charge in [0.2, 0.25) is 0 Å². The molecule has 0 amide bonds. The zero-order valence-electron chi connectivity index (χ0n) is 57.1. The fraction of sp³-hybridized carbons (Fsp3) is 0.161. The van der Waals surface area contributed by atoms with Crippen molar-refractivity contribution < 1.29 is 0 Å². The van der Waals surface area contributed by atoms with Crippen LogP contribution in [0.3, 0.4) is 0 Å². The van der Waals surface area contributed by atoms with Crippen LogP contribution in [0.5, 0.6) is 0 Å². The van der Waals surface area contributed by atoms with Crippen LogP contribution in [0.1, 0.15) is 90.3 Å². The molecule has 0 saturated carbocycles. The molecule has 98 heavy (non-hydrogen) atoms. The van der Waals surface area contributed by atoms with Crippen molar-refractivity contribution in [2.45, 2.75) is 91.9 Å². The number of fused-ring (bicyclic) bond motifs is 10. The highest BCUT2D eigenvalue weighted by atomic mass is 15.2. The number of aryl methyl sites for hydroxylation is 2. The van der Waals surface area contributed by atoms with Gasteiger partial charge in [0.25, 0.3) is 6.71 Å². The van der Waals surface area contributed by atoms with E-state index < -0.39 is 0 Å². The SMILES string of the molecule is CCc1cc(-c2ccccc2)c(N2c3cc(-n4c5ccccc5c5ccccc54)ccc3B3c4ccc(-n5c6ccccc6c6ccccc65)cc4N(c4c(-c5ccccc5)cc(C(C)(C)C)cc4-c4ccccc4)c4cc(CCCCC(CC)CC)cc2c43)c(-c2ccccc2)c1. The van der Waals surface area contributed by atoms with Crippen molar-refractivity contribution in [2.24, 2.45) is 5.92 Å². The van der Waals surface area contributed by atoms with E-state index >= 15 is 0 Å². The molecule has 0 N–H and O–H groups in total. The van der Waals surface area contributed by atoms with Gasteiger partial charge in [-0.2, -0.15) is 0 Å². The van der Waals surface area contributed by atoms with E-state index in [0.29, 0.717) is 0 Å². The number of rotatable bonds is 16. The fourth-order valence-corrected chi connectivity index (χ4v) is 16.6. The molecule has 4 heterocycles. The van der Waals surface area contributed by atoms with E-state index in [0.717, 1.165) is 36.6 Å². The van der Waals surface area contributed by atoms with Crippen molar-refractivity contribution >= 4 is 101 Å². The third-order valence-electron chi connectivity index (χ3n) is 21.6. The molecule has 0 fully saturated rings. The molecule has 5 heteroatoms. The van der Waals surface area contributed by atoms with Crippen molar-refractivity contribution in [2.75, 3.05) is 9.80 Å². The van der Waals surface area contributed by atoms with Gasteiger partial charge in [0.05, 0.1) is 33.4 Å². The highest BCUT2D eigenvalue weighted by Gasteiger charge is 2.46. The molecule has 0 bridgehead atoms. The quantitative estimate of drug-likeness (QED) is 0.0708. The molecule has 17 rings (SSSR count). The Balaban J connectivity index is 1.05. The maximum absolute atomic E-state index is 2.76. The number of para-hydroxylation sites is 4. The molecule has 13 aromatic carbocycles. The number of unbranched alkanes of at least 4 members (excludes halogenated alkanes) is 1. The Morgan fingerprint density at radius 1 is 0.347 bits per heavy atom. The minimum atomic E-state index is -0.190. The van der Waals surface area contributed by atoms with Gasteiger partial charge in [-0.05, 0) is 171 Å². The Morgan fingerprint density at radius 3 is 1.06 bits per heavy atom. The number of benzene rings is 13. The molecule has 2 aliphatic heterocycles. The lowest BCUT2D eigenvalue weighted by Gasteiger charge is -2.46. The van der Waals surface area contributed by atoms with E-state index in [1.54, 1.807) is 0 Å². The molecular weight excluding hydrogens is 1180 g/mol. The number of hydrogen-bond acceptors (Lipinski definition) is 2. The standard InChI is InChI=1S/C93H81BN4/c1-7-62(8-2)32-22-23-33-64-56-88-90-89(57-64)98(92-78(67-38-18-12-19-39-67)58-69(93(4,5)6)59-79(92)68-40-20-13-21-41-68)87-61-71(96-84-48-30-26-44-74(84)75-45-27-31-49-85(75)96)51-53-81(87)94(90)80-52-50-70(95-82-46-28-24-42-72(82)73-43-25-29-47-83(73)95)60-86(80)97(88)91-76(65-34-14-10-15-35-65)54-63(9-3)55-77(91)66-36-16-11-17-37-66/h10-21,24-31,34-62H,7-9,22-23,32-33H2,1-6H3. The largest absolute Gasteiger partial charge is 0.310 e. The van der Waals surface area contributed by atoms with Crippen LogP contribution in [0.4, 0.5) is 34.1 Å². The Morgan fingerprint density at radius 2 is 0.704 bits per heavy atom. The van der Waals surface area contributed by atoms with Crippen molar-refractivity contribution in [1.82, 2.24) is 9.13 Å². The zero-order valence-corrected chi connectivity index (χ0v) is 57.1. The third-order valence-corrected chi connectivity index (χ3v) is 21.6. The predicted octanol–water partition coefficient (Wildman–Crippen LogP) is 23.6. The molecule has 0 aliphatic carbocycles. The average Bonchev–Trinajstić information content (AvgIpc) is 0.777. The summed E-state index contributed by atoms with van der Waals surface area (Å²) in [5.41, 5.74) is 31.2. The highest BCUT2D eigenvalue weighted by Crippen LogP contribution is 2.55. The van der Waals surface area contributed by atoms with Gasteiger partial charge in [0.1, 0.15) is 0 Å². The second kappa shape index (κ2) is 25.0.